The van der Waals surface area contributed by atoms with E-state index in [1.54, 1.807) is 4.90 Å². The molecule has 1 aliphatic rings. The summed E-state index contributed by atoms with van der Waals surface area (Å²) < 4.78 is 0. The van der Waals surface area contributed by atoms with Gasteiger partial charge in [0, 0.05) is 25.7 Å². The lowest BCUT2D eigenvalue weighted by atomic mass is 9.95. The molecule has 16 heavy (non-hydrogen) atoms. The Morgan fingerprint density at radius 2 is 2.06 bits per heavy atom. The Labute approximate surface area is 96.4 Å². The second-order valence-corrected chi connectivity index (χ2v) is 4.53. The Morgan fingerprint density at radius 3 is 2.69 bits per heavy atom. The molecule has 0 aromatic heterocycles. The largest absolute Gasteiger partial charge is 0.347 e. The quantitative estimate of drug-likeness (QED) is 0.636. The average molecular weight is 227 g/mol. The summed E-state index contributed by atoms with van der Waals surface area (Å²) in [6.07, 6.45) is 2.09. The lowest BCUT2D eigenvalue weighted by Crippen LogP contribution is -2.51. The van der Waals surface area contributed by atoms with Crippen LogP contribution < -0.4 is 11.1 Å². The van der Waals surface area contributed by atoms with Crippen LogP contribution in [0.4, 0.5) is 0 Å². The highest BCUT2D eigenvalue weighted by molar-refractivity contribution is 6.35. The van der Waals surface area contributed by atoms with E-state index in [1.807, 2.05) is 6.92 Å². The molecule has 0 radical (unpaired) electrons. The summed E-state index contributed by atoms with van der Waals surface area (Å²) in [4.78, 5) is 25.0. The normalized spacial score (nSPS) is 25.3. The Kier molecular flexibility index (Phi) is 4.73. The van der Waals surface area contributed by atoms with Crippen molar-refractivity contribution in [1.82, 2.24) is 10.2 Å². The molecule has 1 saturated heterocycles. The summed E-state index contributed by atoms with van der Waals surface area (Å²) in [5.74, 6) is -0.485. The Bertz CT molecular complexity index is 268. The molecule has 2 atom stereocenters. The Balaban J connectivity index is 2.54. The molecule has 0 aromatic rings. The molecule has 0 saturated carbocycles. The van der Waals surface area contributed by atoms with Crippen molar-refractivity contribution >= 4 is 11.8 Å². The highest BCUT2D eigenvalue weighted by Crippen LogP contribution is 2.21. The second kappa shape index (κ2) is 5.84. The first kappa shape index (κ1) is 13.0. The van der Waals surface area contributed by atoms with E-state index in [2.05, 4.69) is 12.2 Å². The fourth-order valence-corrected chi connectivity index (χ4v) is 1.96. The van der Waals surface area contributed by atoms with E-state index in [0.717, 1.165) is 12.8 Å². The second-order valence-electron chi connectivity index (χ2n) is 4.53. The molecule has 3 N–H and O–H groups in total. The number of piperidine rings is 1. The number of carbonyl (C=O) groups excluding carboxylic acids is 2. The smallest absolute Gasteiger partial charge is 0.312 e. The van der Waals surface area contributed by atoms with E-state index in [-0.39, 0.29) is 6.04 Å². The first-order valence-corrected chi connectivity index (χ1v) is 5.85. The number of nitrogens with one attached hydrogen (secondary N) is 1. The number of rotatable bonds is 2. The predicted octanol–water partition coefficient (Wildman–Crippen LogP) is -0.292. The molecule has 1 heterocycles. The maximum Gasteiger partial charge on any atom is 0.312 e. The minimum absolute atomic E-state index is 0.160. The van der Waals surface area contributed by atoms with Gasteiger partial charge in [0.2, 0.25) is 0 Å². The van der Waals surface area contributed by atoms with Gasteiger partial charge < -0.3 is 16.0 Å². The van der Waals surface area contributed by atoms with Crippen LogP contribution in [0.1, 0.15) is 26.7 Å². The third kappa shape index (κ3) is 3.20. The van der Waals surface area contributed by atoms with Gasteiger partial charge in [-0.1, -0.05) is 6.92 Å². The van der Waals surface area contributed by atoms with Crippen molar-refractivity contribution < 1.29 is 9.59 Å². The summed E-state index contributed by atoms with van der Waals surface area (Å²) in [7, 11) is 0. The lowest BCUT2D eigenvalue weighted by molar-refractivity contribution is -0.148. The molecular formula is C11H21N3O2. The van der Waals surface area contributed by atoms with Gasteiger partial charge in [-0.25, -0.2) is 0 Å². The maximum atomic E-state index is 11.8. The van der Waals surface area contributed by atoms with Crippen LogP contribution in [0.5, 0.6) is 0 Å². The van der Waals surface area contributed by atoms with Crippen LogP contribution in [0.25, 0.3) is 0 Å². The van der Waals surface area contributed by atoms with Crippen LogP contribution in [0.2, 0.25) is 0 Å². The van der Waals surface area contributed by atoms with Gasteiger partial charge in [0.1, 0.15) is 0 Å². The molecule has 2 unspecified atom stereocenters. The molecule has 1 fully saturated rings. The Hall–Kier alpha value is -1.10. The number of nitrogens with two attached hydrogens (primary N) is 1. The highest BCUT2D eigenvalue weighted by Gasteiger charge is 2.30. The van der Waals surface area contributed by atoms with Crippen molar-refractivity contribution in [1.29, 1.82) is 0 Å². The molecule has 1 aliphatic heterocycles. The molecule has 0 bridgehead atoms. The van der Waals surface area contributed by atoms with Gasteiger partial charge in [-0.3, -0.25) is 9.59 Å². The monoisotopic (exact) mass is 227 g/mol. The molecule has 92 valence electrons. The zero-order chi connectivity index (χ0) is 12.1. The van der Waals surface area contributed by atoms with Crippen molar-refractivity contribution in [2.45, 2.75) is 32.7 Å². The number of hydrogen-bond acceptors (Lipinski definition) is 3. The van der Waals surface area contributed by atoms with E-state index < -0.39 is 11.8 Å². The van der Waals surface area contributed by atoms with Gasteiger partial charge in [0.25, 0.3) is 0 Å². The van der Waals surface area contributed by atoms with Crippen LogP contribution in [0.3, 0.4) is 0 Å². The van der Waals surface area contributed by atoms with E-state index in [1.165, 1.54) is 0 Å². The summed E-state index contributed by atoms with van der Waals surface area (Å²) in [5.41, 5.74) is 5.27. The van der Waals surface area contributed by atoms with Gasteiger partial charge in [-0.2, -0.15) is 0 Å². The van der Waals surface area contributed by atoms with E-state index >= 15 is 0 Å². The third-order valence-corrected chi connectivity index (χ3v) is 3.00. The molecule has 2 amide bonds. The zero-order valence-corrected chi connectivity index (χ0v) is 10.0. The lowest BCUT2D eigenvalue weighted by Gasteiger charge is -2.36. The van der Waals surface area contributed by atoms with Gasteiger partial charge in [0.05, 0.1) is 0 Å². The van der Waals surface area contributed by atoms with E-state index in [0.29, 0.717) is 25.6 Å². The Morgan fingerprint density at radius 1 is 1.38 bits per heavy atom. The number of hydrogen-bond donors (Lipinski definition) is 2. The number of amides is 2. The van der Waals surface area contributed by atoms with Crippen molar-refractivity contribution in [2.75, 3.05) is 19.6 Å². The highest BCUT2D eigenvalue weighted by atomic mass is 16.2. The standard InChI is InChI=1S/C11H21N3O2/c1-8-3-4-9(2)14(7-8)11(16)10(15)13-6-5-12/h8-9H,3-7,12H2,1-2H3,(H,13,15). The number of likely N-dealkylation sites (tertiary alicyclic amines) is 1. The molecule has 1 rings (SSSR count). The van der Waals surface area contributed by atoms with Gasteiger partial charge in [0.15, 0.2) is 0 Å². The van der Waals surface area contributed by atoms with Gasteiger partial charge in [-0.05, 0) is 25.7 Å². The SMILES string of the molecule is CC1CCC(C)N(C(=O)C(=O)NCCN)C1. The van der Waals surface area contributed by atoms with Crippen molar-refractivity contribution in [3.8, 4) is 0 Å². The first-order valence-electron chi connectivity index (χ1n) is 5.85. The van der Waals surface area contributed by atoms with Crippen LogP contribution in [0, 0.1) is 5.92 Å². The summed E-state index contributed by atoms with van der Waals surface area (Å²) in [6.45, 7) is 5.47. The molecule has 0 aromatic carbocycles. The van der Waals surface area contributed by atoms with Crippen LogP contribution in [0.15, 0.2) is 0 Å². The number of carbonyl (C=O) groups is 2. The molecule has 0 spiro atoms. The fraction of sp³-hybridized carbons (Fsp3) is 0.818. The van der Waals surface area contributed by atoms with Crippen LogP contribution in [-0.2, 0) is 9.59 Å². The number of nitrogens with zero attached hydrogens (tertiary/aromatic N) is 1. The first-order chi connectivity index (χ1) is 7.56. The average Bonchev–Trinajstić information content (AvgIpc) is 2.28. The molecule has 5 heteroatoms. The summed E-state index contributed by atoms with van der Waals surface area (Å²) in [6, 6.07) is 0.160. The minimum Gasteiger partial charge on any atom is -0.347 e. The van der Waals surface area contributed by atoms with Crippen molar-refractivity contribution in [3.63, 3.8) is 0 Å². The summed E-state index contributed by atoms with van der Waals surface area (Å²) in [5, 5.41) is 2.51. The fourth-order valence-electron chi connectivity index (χ4n) is 1.96. The predicted molar refractivity (Wildman–Crippen MR) is 61.6 cm³/mol. The topological polar surface area (TPSA) is 75.4 Å². The van der Waals surface area contributed by atoms with Crippen LogP contribution in [-0.4, -0.2) is 42.4 Å². The van der Waals surface area contributed by atoms with Crippen molar-refractivity contribution in [2.24, 2.45) is 11.7 Å². The van der Waals surface area contributed by atoms with Gasteiger partial charge in [-0.15, -0.1) is 0 Å². The maximum absolute atomic E-state index is 11.8. The van der Waals surface area contributed by atoms with E-state index in [4.69, 9.17) is 5.73 Å². The third-order valence-electron chi connectivity index (χ3n) is 3.00. The molecule has 0 aliphatic carbocycles. The molecular weight excluding hydrogens is 206 g/mol. The zero-order valence-electron chi connectivity index (χ0n) is 10.0. The van der Waals surface area contributed by atoms with Crippen molar-refractivity contribution in [3.05, 3.63) is 0 Å². The molecule has 5 nitrogen and oxygen atoms in total. The summed E-state index contributed by atoms with van der Waals surface area (Å²) >= 11 is 0. The van der Waals surface area contributed by atoms with Gasteiger partial charge >= 0.3 is 11.8 Å². The minimum atomic E-state index is -0.536. The van der Waals surface area contributed by atoms with E-state index in [9.17, 15) is 9.59 Å². The van der Waals surface area contributed by atoms with Crippen LogP contribution >= 0.6 is 0 Å².